The van der Waals surface area contributed by atoms with Crippen molar-refractivity contribution >= 4 is 26.5 Å². The predicted molar refractivity (Wildman–Crippen MR) is 107 cm³/mol. The Balaban J connectivity index is 1.59. The second kappa shape index (κ2) is 8.69. The first-order valence-electron chi connectivity index (χ1n) is 8.94. The molecule has 0 aliphatic rings. The van der Waals surface area contributed by atoms with Crippen LogP contribution in [0, 0.1) is 11.3 Å². The zero-order chi connectivity index (χ0) is 19.1. The second-order valence-corrected chi connectivity index (χ2v) is 8.26. The van der Waals surface area contributed by atoms with Crippen LogP contribution in [0.25, 0.3) is 10.8 Å². The number of benzene rings is 2. The summed E-state index contributed by atoms with van der Waals surface area (Å²) in [6, 6.07) is 16.0. The van der Waals surface area contributed by atoms with E-state index in [4.69, 9.17) is 5.26 Å². The number of aromatic nitrogens is 2. The van der Waals surface area contributed by atoms with Crippen molar-refractivity contribution in [2.75, 3.05) is 10.5 Å². The molecule has 0 saturated heterocycles. The minimum Gasteiger partial charge on any atom is -0.280 e. The van der Waals surface area contributed by atoms with E-state index in [2.05, 4.69) is 15.9 Å². The number of unbranched alkanes of at least 4 members (excludes halogenated alkanes) is 2. The highest BCUT2D eigenvalue weighted by molar-refractivity contribution is 7.92. The van der Waals surface area contributed by atoms with Crippen LogP contribution in [-0.2, 0) is 23.0 Å². The molecule has 0 saturated carbocycles. The number of nitriles is 1. The summed E-state index contributed by atoms with van der Waals surface area (Å²) in [6.45, 7) is 0.666. The summed E-state index contributed by atoms with van der Waals surface area (Å²) >= 11 is 0. The highest BCUT2D eigenvalue weighted by atomic mass is 32.2. The first-order valence-corrected chi connectivity index (χ1v) is 10.6. The molecule has 0 atom stereocenters. The van der Waals surface area contributed by atoms with Crippen molar-refractivity contribution in [3.05, 3.63) is 60.4 Å². The molecule has 0 radical (unpaired) electrons. The lowest BCUT2D eigenvalue weighted by molar-refractivity contribution is 0.562. The van der Waals surface area contributed by atoms with Gasteiger partial charge in [0.25, 0.3) is 0 Å². The molecular formula is C20H22N4O2S. The number of nitrogens with zero attached hydrogens (tertiary/aromatic N) is 3. The third-order valence-corrected chi connectivity index (χ3v) is 5.64. The predicted octanol–water partition coefficient (Wildman–Crippen LogP) is 3.71. The van der Waals surface area contributed by atoms with Crippen LogP contribution in [-0.4, -0.2) is 24.0 Å². The lowest BCUT2D eigenvalue weighted by Gasteiger charge is -2.08. The van der Waals surface area contributed by atoms with Crippen molar-refractivity contribution in [1.29, 1.82) is 5.26 Å². The molecule has 0 amide bonds. The Kier molecular flexibility index (Phi) is 6.09. The Hall–Kier alpha value is -2.85. The summed E-state index contributed by atoms with van der Waals surface area (Å²) in [5.74, 6) is 0.00829. The van der Waals surface area contributed by atoms with Gasteiger partial charge in [-0.2, -0.15) is 10.4 Å². The molecule has 0 aliphatic heterocycles. The quantitative estimate of drug-likeness (QED) is 0.571. The number of sulfonamides is 1. The Labute approximate surface area is 159 Å². The monoisotopic (exact) mass is 382 g/mol. The maximum absolute atomic E-state index is 12.4. The summed E-state index contributed by atoms with van der Waals surface area (Å²) in [4.78, 5) is 0. The van der Waals surface area contributed by atoms with Crippen molar-refractivity contribution < 1.29 is 8.42 Å². The van der Waals surface area contributed by atoms with E-state index >= 15 is 0 Å². The molecule has 0 unspecified atom stereocenters. The second-order valence-electron chi connectivity index (χ2n) is 6.42. The van der Waals surface area contributed by atoms with E-state index in [0.29, 0.717) is 25.1 Å². The van der Waals surface area contributed by atoms with Crippen LogP contribution < -0.4 is 4.72 Å². The zero-order valence-corrected chi connectivity index (χ0v) is 15.8. The fraction of sp³-hybridized carbons (Fsp3) is 0.300. The lowest BCUT2D eigenvalue weighted by Crippen LogP contribution is -2.18. The van der Waals surface area contributed by atoms with E-state index in [1.807, 2.05) is 42.5 Å². The van der Waals surface area contributed by atoms with Crippen molar-refractivity contribution in [3.63, 3.8) is 0 Å². The number of rotatable bonds is 9. The van der Waals surface area contributed by atoms with Crippen LogP contribution in [0.1, 0.15) is 24.8 Å². The largest absolute Gasteiger partial charge is 0.280 e. The maximum atomic E-state index is 12.4. The first-order chi connectivity index (χ1) is 13.1. The number of hydrogen-bond donors (Lipinski definition) is 1. The third-order valence-electron chi connectivity index (χ3n) is 4.35. The fourth-order valence-electron chi connectivity index (χ4n) is 3.00. The van der Waals surface area contributed by atoms with E-state index in [-0.39, 0.29) is 5.75 Å². The van der Waals surface area contributed by atoms with Crippen LogP contribution in [0.2, 0.25) is 0 Å². The standard InChI is InChI=1S/C20H22N4O2S/c21-12-4-1-5-13-24-16-19(15-22-24)23-27(25,26)14-11-18-9-6-8-17-7-2-3-10-20(17)18/h2-3,6-10,15-16,23H,1,4-5,11,13-14H2. The lowest BCUT2D eigenvalue weighted by atomic mass is 10.0. The summed E-state index contributed by atoms with van der Waals surface area (Å²) in [5, 5.41) is 14.9. The molecular weight excluding hydrogens is 360 g/mol. The summed E-state index contributed by atoms with van der Waals surface area (Å²) < 4.78 is 29.2. The van der Waals surface area contributed by atoms with Gasteiger partial charge in [0.1, 0.15) is 0 Å². The summed E-state index contributed by atoms with van der Waals surface area (Å²) in [7, 11) is -3.46. The molecule has 0 aliphatic carbocycles. The smallest absolute Gasteiger partial charge is 0.233 e. The molecule has 140 valence electrons. The van der Waals surface area contributed by atoms with Gasteiger partial charge in [-0.25, -0.2) is 8.42 Å². The molecule has 1 heterocycles. The zero-order valence-electron chi connectivity index (χ0n) is 15.0. The van der Waals surface area contributed by atoms with E-state index < -0.39 is 10.0 Å². The molecule has 27 heavy (non-hydrogen) atoms. The van der Waals surface area contributed by atoms with Gasteiger partial charge in [0.15, 0.2) is 0 Å². The van der Waals surface area contributed by atoms with Crippen LogP contribution in [0.4, 0.5) is 5.69 Å². The molecule has 1 N–H and O–H groups in total. The Morgan fingerprint density at radius 2 is 1.93 bits per heavy atom. The minimum absolute atomic E-state index is 0.00829. The molecule has 0 bridgehead atoms. The van der Waals surface area contributed by atoms with Gasteiger partial charge in [-0.3, -0.25) is 9.40 Å². The molecule has 3 aromatic rings. The van der Waals surface area contributed by atoms with Gasteiger partial charge in [-0.05, 0) is 35.6 Å². The third kappa shape index (κ3) is 5.31. The van der Waals surface area contributed by atoms with Crippen LogP contribution in [0.15, 0.2) is 54.9 Å². The molecule has 1 aromatic heterocycles. The van der Waals surface area contributed by atoms with Crippen molar-refractivity contribution in [3.8, 4) is 6.07 Å². The first kappa shape index (κ1) is 18.9. The van der Waals surface area contributed by atoms with Crippen LogP contribution >= 0.6 is 0 Å². The van der Waals surface area contributed by atoms with Crippen molar-refractivity contribution in [2.45, 2.75) is 32.2 Å². The summed E-state index contributed by atoms with van der Waals surface area (Å²) in [6.07, 6.45) is 5.81. The van der Waals surface area contributed by atoms with Crippen molar-refractivity contribution in [2.24, 2.45) is 0 Å². The minimum atomic E-state index is -3.46. The fourth-order valence-corrected chi connectivity index (χ4v) is 4.06. The van der Waals surface area contributed by atoms with Gasteiger partial charge >= 0.3 is 0 Å². The summed E-state index contributed by atoms with van der Waals surface area (Å²) in [5.41, 5.74) is 1.49. The molecule has 3 rings (SSSR count). The van der Waals surface area contributed by atoms with Gasteiger partial charge < -0.3 is 0 Å². The molecule has 6 nitrogen and oxygen atoms in total. The molecule has 7 heteroatoms. The Bertz CT molecular complexity index is 1050. The Morgan fingerprint density at radius 1 is 1.11 bits per heavy atom. The van der Waals surface area contributed by atoms with Crippen LogP contribution in [0.5, 0.6) is 0 Å². The highest BCUT2D eigenvalue weighted by Gasteiger charge is 2.13. The van der Waals surface area contributed by atoms with E-state index in [9.17, 15) is 8.42 Å². The number of anilines is 1. The van der Waals surface area contributed by atoms with Crippen molar-refractivity contribution in [1.82, 2.24) is 9.78 Å². The highest BCUT2D eigenvalue weighted by Crippen LogP contribution is 2.19. The van der Waals surface area contributed by atoms with E-state index in [0.717, 1.165) is 29.2 Å². The van der Waals surface area contributed by atoms with Gasteiger partial charge in [0, 0.05) is 19.2 Å². The SMILES string of the molecule is N#CCCCCn1cc(NS(=O)(=O)CCc2cccc3ccccc23)cn1. The molecule has 0 spiro atoms. The van der Waals surface area contributed by atoms with E-state index in [1.54, 1.807) is 10.9 Å². The van der Waals surface area contributed by atoms with E-state index in [1.165, 1.54) is 6.20 Å². The average molecular weight is 382 g/mol. The van der Waals surface area contributed by atoms with Gasteiger partial charge in [-0.1, -0.05) is 42.5 Å². The average Bonchev–Trinajstić information content (AvgIpc) is 3.10. The number of nitrogens with one attached hydrogen (secondary N) is 1. The molecule has 0 fully saturated rings. The van der Waals surface area contributed by atoms with Crippen LogP contribution in [0.3, 0.4) is 0 Å². The van der Waals surface area contributed by atoms with Gasteiger partial charge in [-0.15, -0.1) is 0 Å². The van der Waals surface area contributed by atoms with Gasteiger partial charge in [0.2, 0.25) is 10.0 Å². The molecule has 2 aromatic carbocycles. The normalized spacial score (nSPS) is 11.4. The number of aryl methyl sites for hydroxylation is 2. The maximum Gasteiger partial charge on any atom is 0.233 e. The topological polar surface area (TPSA) is 87.8 Å². The number of fused-ring (bicyclic) bond motifs is 1. The van der Waals surface area contributed by atoms with Gasteiger partial charge in [0.05, 0.1) is 23.7 Å². The number of hydrogen-bond acceptors (Lipinski definition) is 4. The Morgan fingerprint density at radius 3 is 2.78 bits per heavy atom.